The fourth-order valence-corrected chi connectivity index (χ4v) is 3.75. The van der Waals surface area contributed by atoms with E-state index in [9.17, 15) is 4.79 Å². The maximum atomic E-state index is 13.1. The molecule has 0 spiro atoms. The SMILES string of the molecule is CC[C@@H](C(=O)N1CCN(c2cc(-n3cccc3)ncn2)CC1)c1ccccc1. The molecule has 0 saturated carbocycles. The third-order valence-electron chi connectivity index (χ3n) is 5.33. The summed E-state index contributed by atoms with van der Waals surface area (Å²) in [5.41, 5.74) is 1.10. The van der Waals surface area contributed by atoms with Gasteiger partial charge in [-0.25, -0.2) is 9.97 Å². The van der Waals surface area contributed by atoms with E-state index >= 15 is 0 Å². The van der Waals surface area contributed by atoms with Gasteiger partial charge >= 0.3 is 0 Å². The maximum Gasteiger partial charge on any atom is 0.230 e. The molecule has 3 heterocycles. The molecule has 0 bridgehead atoms. The number of aromatic nitrogens is 3. The van der Waals surface area contributed by atoms with E-state index in [2.05, 4.69) is 21.8 Å². The Hall–Kier alpha value is -3.15. The van der Waals surface area contributed by atoms with Gasteiger partial charge in [-0.2, -0.15) is 0 Å². The van der Waals surface area contributed by atoms with Crippen LogP contribution in [-0.4, -0.2) is 51.5 Å². The van der Waals surface area contributed by atoms with Gasteiger partial charge in [0.15, 0.2) is 0 Å². The van der Waals surface area contributed by atoms with Crippen LogP contribution in [0.5, 0.6) is 0 Å². The van der Waals surface area contributed by atoms with E-state index in [0.717, 1.165) is 36.7 Å². The van der Waals surface area contributed by atoms with Crippen molar-refractivity contribution >= 4 is 11.7 Å². The van der Waals surface area contributed by atoms with E-state index in [4.69, 9.17) is 0 Å². The second-order valence-electron chi connectivity index (χ2n) is 7.01. The van der Waals surface area contributed by atoms with Crippen molar-refractivity contribution in [3.8, 4) is 5.82 Å². The largest absolute Gasteiger partial charge is 0.353 e. The summed E-state index contributed by atoms with van der Waals surface area (Å²) in [6, 6.07) is 16.0. The summed E-state index contributed by atoms with van der Waals surface area (Å²) in [6.45, 7) is 5.06. The van der Waals surface area contributed by atoms with Crippen LogP contribution in [0.25, 0.3) is 5.82 Å². The minimum absolute atomic E-state index is 0.0628. The van der Waals surface area contributed by atoms with Crippen LogP contribution in [0, 0.1) is 0 Å². The predicted molar refractivity (Wildman–Crippen MR) is 110 cm³/mol. The van der Waals surface area contributed by atoms with Gasteiger partial charge in [-0.3, -0.25) is 4.79 Å². The van der Waals surface area contributed by atoms with E-state index in [1.54, 1.807) is 6.33 Å². The fourth-order valence-electron chi connectivity index (χ4n) is 3.75. The van der Waals surface area contributed by atoms with E-state index in [1.165, 1.54) is 0 Å². The summed E-state index contributed by atoms with van der Waals surface area (Å²) in [5.74, 6) is 1.92. The van der Waals surface area contributed by atoms with Gasteiger partial charge in [-0.1, -0.05) is 37.3 Å². The first-order valence-corrected chi connectivity index (χ1v) is 9.80. The number of piperazine rings is 1. The maximum absolute atomic E-state index is 13.1. The number of carbonyl (C=O) groups excluding carboxylic acids is 1. The van der Waals surface area contributed by atoms with Crippen LogP contribution in [-0.2, 0) is 4.79 Å². The van der Waals surface area contributed by atoms with E-state index in [0.29, 0.717) is 13.1 Å². The Morgan fingerprint density at radius 3 is 2.32 bits per heavy atom. The highest BCUT2D eigenvalue weighted by Gasteiger charge is 2.28. The van der Waals surface area contributed by atoms with Gasteiger partial charge in [0.05, 0.1) is 5.92 Å². The number of anilines is 1. The molecule has 0 N–H and O–H groups in total. The molecule has 0 unspecified atom stereocenters. The standard InChI is InChI=1S/C22H25N5O/c1-2-19(18-8-4-3-5-9-18)22(28)27-14-12-26(13-15-27)21-16-20(23-17-24-21)25-10-6-7-11-25/h3-11,16-17,19H,2,12-15H2,1H3/t19-/m1/s1. The van der Waals surface area contributed by atoms with Crippen LogP contribution in [0.4, 0.5) is 5.82 Å². The average molecular weight is 375 g/mol. The zero-order valence-electron chi connectivity index (χ0n) is 16.1. The van der Waals surface area contributed by atoms with Crippen molar-refractivity contribution in [3.05, 3.63) is 72.8 Å². The predicted octanol–water partition coefficient (Wildman–Crippen LogP) is 3.11. The van der Waals surface area contributed by atoms with Crippen molar-refractivity contribution in [3.63, 3.8) is 0 Å². The Kier molecular flexibility index (Phi) is 5.37. The average Bonchev–Trinajstić information content (AvgIpc) is 3.30. The molecule has 1 amide bonds. The van der Waals surface area contributed by atoms with Gasteiger partial charge in [-0.05, 0) is 24.1 Å². The highest BCUT2D eigenvalue weighted by molar-refractivity contribution is 5.84. The third-order valence-corrected chi connectivity index (χ3v) is 5.33. The molecule has 0 aliphatic carbocycles. The quantitative estimate of drug-likeness (QED) is 0.688. The lowest BCUT2D eigenvalue weighted by atomic mass is 9.95. The molecular weight excluding hydrogens is 350 g/mol. The molecule has 3 aromatic rings. The van der Waals surface area contributed by atoms with Crippen molar-refractivity contribution in [2.24, 2.45) is 0 Å². The Morgan fingerprint density at radius 1 is 0.964 bits per heavy atom. The summed E-state index contributed by atoms with van der Waals surface area (Å²) in [6.07, 6.45) is 6.36. The van der Waals surface area contributed by atoms with Crippen LogP contribution in [0.1, 0.15) is 24.8 Å². The Balaban J connectivity index is 1.42. The second kappa shape index (κ2) is 8.25. The Labute approximate surface area is 165 Å². The van der Waals surface area contributed by atoms with Gasteiger partial charge in [-0.15, -0.1) is 0 Å². The summed E-state index contributed by atoms with van der Waals surface area (Å²) in [4.78, 5) is 26.1. The molecule has 1 aliphatic heterocycles. The number of nitrogens with zero attached hydrogens (tertiary/aromatic N) is 5. The van der Waals surface area contributed by atoms with Gasteiger partial charge < -0.3 is 14.4 Å². The minimum atomic E-state index is -0.0628. The molecule has 1 atom stereocenters. The number of rotatable bonds is 5. The van der Waals surface area contributed by atoms with E-state index in [-0.39, 0.29) is 11.8 Å². The first-order valence-electron chi connectivity index (χ1n) is 9.80. The zero-order valence-corrected chi connectivity index (χ0v) is 16.1. The zero-order chi connectivity index (χ0) is 19.3. The molecule has 1 aromatic carbocycles. The molecule has 6 nitrogen and oxygen atoms in total. The lowest BCUT2D eigenvalue weighted by Crippen LogP contribution is -2.50. The number of amides is 1. The van der Waals surface area contributed by atoms with Crippen LogP contribution >= 0.6 is 0 Å². The lowest BCUT2D eigenvalue weighted by molar-refractivity contribution is -0.133. The number of hydrogen-bond acceptors (Lipinski definition) is 4. The van der Waals surface area contributed by atoms with Crippen molar-refractivity contribution in [2.75, 3.05) is 31.1 Å². The monoisotopic (exact) mass is 375 g/mol. The molecule has 1 fully saturated rings. The van der Waals surface area contributed by atoms with Crippen LogP contribution in [0.3, 0.4) is 0 Å². The van der Waals surface area contributed by atoms with Crippen molar-refractivity contribution < 1.29 is 4.79 Å². The molecule has 6 heteroatoms. The molecule has 1 aliphatic rings. The third kappa shape index (κ3) is 3.76. The number of benzene rings is 1. The normalized spacial score (nSPS) is 15.5. The van der Waals surface area contributed by atoms with Gasteiger partial charge in [0.2, 0.25) is 5.91 Å². The highest BCUT2D eigenvalue weighted by Crippen LogP contribution is 2.23. The first-order chi connectivity index (χ1) is 13.8. The Bertz CT molecular complexity index is 902. The Morgan fingerprint density at radius 2 is 1.64 bits per heavy atom. The number of carbonyl (C=O) groups is 1. The van der Waals surface area contributed by atoms with Crippen LogP contribution in [0.2, 0.25) is 0 Å². The smallest absolute Gasteiger partial charge is 0.230 e. The fraction of sp³-hybridized carbons (Fsp3) is 0.318. The molecule has 2 aromatic heterocycles. The number of hydrogen-bond donors (Lipinski definition) is 0. The highest BCUT2D eigenvalue weighted by atomic mass is 16.2. The topological polar surface area (TPSA) is 54.3 Å². The molecule has 0 radical (unpaired) electrons. The van der Waals surface area contributed by atoms with Crippen LogP contribution in [0.15, 0.2) is 67.3 Å². The second-order valence-corrected chi connectivity index (χ2v) is 7.01. The minimum Gasteiger partial charge on any atom is -0.353 e. The van der Waals surface area contributed by atoms with Crippen molar-refractivity contribution in [2.45, 2.75) is 19.3 Å². The summed E-state index contributed by atoms with van der Waals surface area (Å²) in [5, 5.41) is 0. The van der Waals surface area contributed by atoms with Crippen molar-refractivity contribution in [1.29, 1.82) is 0 Å². The van der Waals surface area contributed by atoms with Gasteiger partial charge in [0, 0.05) is 44.6 Å². The molecule has 4 rings (SSSR count). The lowest BCUT2D eigenvalue weighted by Gasteiger charge is -2.37. The first kappa shape index (κ1) is 18.2. The van der Waals surface area contributed by atoms with E-state index < -0.39 is 0 Å². The van der Waals surface area contributed by atoms with Crippen LogP contribution < -0.4 is 4.90 Å². The van der Waals surface area contributed by atoms with Crippen molar-refractivity contribution in [1.82, 2.24) is 19.4 Å². The molecule has 1 saturated heterocycles. The van der Waals surface area contributed by atoms with Gasteiger partial charge in [0.1, 0.15) is 18.0 Å². The molecule has 144 valence electrons. The molecule has 28 heavy (non-hydrogen) atoms. The summed E-state index contributed by atoms with van der Waals surface area (Å²) < 4.78 is 1.97. The summed E-state index contributed by atoms with van der Waals surface area (Å²) >= 11 is 0. The molecular formula is C22H25N5O. The summed E-state index contributed by atoms with van der Waals surface area (Å²) in [7, 11) is 0. The van der Waals surface area contributed by atoms with E-state index in [1.807, 2.05) is 70.4 Å². The van der Waals surface area contributed by atoms with Gasteiger partial charge in [0.25, 0.3) is 0 Å².